The summed E-state index contributed by atoms with van der Waals surface area (Å²) in [5.74, 6) is 0. The van der Waals surface area contributed by atoms with Gasteiger partial charge in [0.25, 0.3) is 0 Å². The molecule has 0 amide bonds. The fourth-order valence-electron chi connectivity index (χ4n) is 3.52. The van der Waals surface area contributed by atoms with E-state index in [1.807, 2.05) is 2.42 Å². The predicted molar refractivity (Wildman–Crippen MR) is 69.4 cm³/mol. The van der Waals surface area contributed by atoms with E-state index in [4.69, 9.17) is 4.42 Å². The minimum atomic E-state index is 0.383. The van der Waals surface area contributed by atoms with Gasteiger partial charge >= 0.3 is 312 Å². The standard InChI is InChI=1S/C14H6O.6Ra.6H/c1-9-3-5-11-12-6-4-10(2)8-14(12)15-13(11)7-9;;;;;;;;;;;;/h1-2H3;;;;;;;;;;;;. The third kappa shape index (κ3) is 4.27. The summed E-state index contributed by atoms with van der Waals surface area (Å²) >= 11 is 2.60. The van der Waals surface area contributed by atoms with Gasteiger partial charge in [-0.3, -0.25) is 0 Å². The van der Waals surface area contributed by atoms with Crippen LogP contribution in [0, 0.1) is 271 Å². The minimum absolute atomic E-state index is 0.383. The molecule has 0 saturated carbocycles. The number of benzene rings is 2. The monoisotopic (exact) mass is 1550 g/mol. The molecule has 1 nitrogen and oxygen atoms in total. The van der Waals surface area contributed by atoms with Crippen molar-refractivity contribution in [3.8, 4) is 0 Å². The van der Waals surface area contributed by atoms with Crippen molar-refractivity contribution in [2.45, 2.75) is 13.8 Å². The Kier molecular flexibility index (Phi) is 10.2. The summed E-state index contributed by atoms with van der Waals surface area (Å²) in [5, 5.41) is 3.32. The fraction of sp³-hybridized carbons (Fsp3) is 0.143. The van der Waals surface area contributed by atoms with Crippen LogP contribution in [-0.2, 0) is 0 Å². The van der Waals surface area contributed by atoms with Gasteiger partial charge < -0.3 is 0 Å². The van der Waals surface area contributed by atoms with Crippen molar-refractivity contribution >= 4 is 25.6 Å². The third-order valence-corrected chi connectivity index (χ3v) is 72.0. The molecule has 21 heavy (non-hydrogen) atoms. The summed E-state index contributed by atoms with van der Waals surface area (Å²) in [5.41, 5.74) is 6.06. The Morgan fingerprint density at radius 1 is 0.524 bits per heavy atom. The van der Waals surface area contributed by atoms with E-state index in [2.05, 4.69) is 13.8 Å². The van der Waals surface area contributed by atoms with Gasteiger partial charge in [0, 0.05) is 0 Å². The van der Waals surface area contributed by atoms with E-state index in [-0.39, 0.29) is 0 Å². The summed E-state index contributed by atoms with van der Waals surface area (Å²) in [6, 6.07) is 0. The van der Waals surface area contributed by atoms with Crippen molar-refractivity contribution in [2.75, 3.05) is 0 Å². The molecule has 0 bridgehead atoms. The molecule has 1 heterocycles. The van der Waals surface area contributed by atoms with Crippen LogP contribution in [0.25, 0.3) is 21.9 Å². The van der Waals surface area contributed by atoms with Crippen LogP contribution in [0.1, 0.15) is 11.1 Å². The molecule has 1 aromatic heterocycles. The number of hydrogen-bond acceptors (Lipinski definition) is 1. The SMILES string of the molecule is Cc1[c]([RaH])[c]([RaH])c2c(oc3[c]([RaH])c(C)[c]([RaH])[c]([RaH])c32)[c]1[RaH]. The van der Waals surface area contributed by atoms with Crippen molar-refractivity contribution < 1.29 is 261 Å². The third-order valence-electron chi connectivity index (χ3n) is 5.71. The Hall–Kier alpha value is 7.05. The molecule has 7 heteroatoms. The van der Waals surface area contributed by atoms with Gasteiger partial charge in [0.1, 0.15) is 0 Å². The fourth-order valence-corrected chi connectivity index (χ4v) is 38.5. The van der Waals surface area contributed by atoms with Gasteiger partial charge in [-0.05, 0) is 0 Å². The molecule has 0 aliphatic heterocycles. The molecule has 0 fully saturated rings. The molecule has 0 N–H and O–H groups in total. The van der Waals surface area contributed by atoms with E-state index in [1.54, 1.807) is 23.1 Å². The molecule has 0 saturated heterocycles. The molecule has 0 radical (unpaired) electrons. The topological polar surface area (TPSA) is 13.1 Å². The number of rotatable bonds is 0. The first-order chi connectivity index (χ1) is 9.77. The van der Waals surface area contributed by atoms with Crippen LogP contribution in [-0.4, -0.2) is 0 Å². The van der Waals surface area contributed by atoms with Crippen LogP contribution in [0.2, 0.25) is 0 Å². The van der Waals surface area contributed by atoms with Crippen molar-refractivity contribution in [1.29, 1.82) is 0 Å². The van der Waals surface area contributed by atoms with Crippen LogP contribution < -0.4 is 3.63 Å². The molecule has 0 aliphatic carbocycles. The Morgan fingerprint density at radius 2 is 0.857 bits per heavy atom. The first-order valence-electron chi connectivity index (χ1n) is 7.66. The summed E-state index contributed by atoms with van der Waals surface area (Å²) in [6.07, 6.45) is 0. The maximum absolute atomic E-state index is 6.59. The molecule has 0 aliphatic rings. The average molecular weight is 1550 g/mol. The zero-order valence-electron chi connectivity index (χ0n) is 14.4. The van der Waals surface area contributed by atoms with Gasteiger partial charge in [0.05, 0.1) is 0 Å². The molecule has 86 valence electrons. The molecule has 3 aromatic rings. The number of fused-ring (bicyclic) bond motifs is 3. The van der Waals surface area contributed by atoms with Crippen LogP contribution in [0.3, 0.4) is 0 Å². The zero-order chi connectivity index (χ0) is 15.6. The van der Waals surface area contributed by atoms with Gasteiger partial charge in [-0.15, -0.1) is 0 Å². The van der Waals surface area contributed by atoms with E-state index in [0.29, 0.717) is 257 Å². The van der Waals surface area contributed by atoms with Crippen LogP contribution in [0.15, 0.2) is 4.42 Å². The Balaban J connectivity index is 2.73. The van der Waals surface area contributed by atoms with Gasteiger partial charge in [0.15, 0.2) is 0 Å². The van der Waals surface area contributed by atoms with Gasteiger partial charge in [-0.1, -0.05) is 0 Å². The van der Waals surface area contributed by atoms with Crippen LogP contribution >= 0.6 is 0 Å². The van der Waals surface area contributed by atoms with Crippen molar-refractivity contribution in [3.05, 3.63) is 11.1 Å². The van der Waals surface area contributed by atoms with E-state index in [1.165, 1.54) is 11.2 Å². The number of furan rings is 1. The van der Waals surface area contributed by atoms with E-state index in [0.717, 1.165) is 0 Å². The van der Waals surface area contributed by atoms with E-state index < -0.39 is 0 Å². The van der Waals surface area contributed by atoms with Crippen molar-refractivity contribution in [3.63, 3.8) is 0 Å². The summed E-state index contributed by atoms with van der Waals surface area (Å²) in [4.78, 5) is 0. The Labute approximate surface area is 300 Å². The molecular formula is C14H12ORa6. The van der Waals surface area contributed by atoms with Gasteiger partial charge in [-0.2, -0.15) is 0 Å². The molecular weight excluding hydrogens is 1540 g/mol. The normalized spacial score (nSPS) is 11.2. The quantitative estimate of drug-likeness (QED) is 0.246. The van der Waals surface area contributed by atoms with E-state index in [9.17, 15) is 0 Å². The first kappa shape index (κ1) is 22.7. The average Bonchev–Trinajstić information content (AvgIpc) is 2.87. The molecule has 0 spiro atoms. The summed E-state index contributed by atoms with van der Waals surface area (Å²) < 4.78 is 17.2. The molecule has 3 rings (SSSR count). The predicted octanol–water partition coefficient (Wildman–Crippen LogP) is -2.36. The molecule has 2 aromatic carbocycles. The second-order valence-electron chi connectivity index (χ2n) is 6.51. The number of hydrogen-bond donors (Lipinski definition) is 0. The molecule has 0 unspecified atom stereocenters. The van der Waals surface area contributed by atoms with Gasteiger partial charge in [0.2, 0.25) is 0 Å². The summed E-state index contributed by atoms with van der Waals surface area (Å²) in [7, 11) is 0. The van der Waals surface area contributed by atoms with Crippen LogP contribution in [0.5, 0.6) is 0 Å². The second-order valence-corrected chi connectivity index (χ2v) is 31.2. The van der Waals surface area contributed by atoms with Crippen LogP contribution in [0.4, 0.5) is 0 Å². The van der Waals surface area contributed by atoms with Gasteiger partial charge in [-0.25, -0.2) is 0 Å². The first-order valence-corrected chi connectivity index (χ1v) is 32.3. The maximum atomic E-state index is 6.59. The Bertz CT molecular complexity index is 851. The van der Waals surface area contributed by atoms with Crippen molar-refractivity contribution in [2.24, 2.45) is 0 Å². The zero-order valence-corrected chi connectivity index (χ0v) is 63.7. The molecule has 0 atom stereocenters. The Morgan fingerprint density at radius 3 is 1.19 bits per heavy atom. The second kappa shape index (κ2) is 9.46. The van der Waals surface area contributed by atoms with E-state index >= 15 is 0 Å². The summed E-state index contributed by atoms with van der Waals surface area (Å²) in [6.45, 7) is 4.77. The van der Waals surface area contributed by atoms with Crippen molar-refractivity contribution in [1.82, 2.24) is 0 Å².